The van der Waals surface area contributed by atoms with Crippen molar-refractivity contribution in [3.63, 3.8) is 0 Å². The quantitative estimate of drug-likeness (QED) is 0.323. The zero-order valence-corrected chi connectivity index (χ0v) is 29.5. The van der Waals surface area contributed by atoms with E-state index in [2.05, 4.69) is 0 Å². The van der Waals surface area contributed by atoms with Crippen molar-refractivity contribution in [2.75, 3.05) is 31.2 Å². The minimum absolute atomic E-state index is 0.0110. The summed E-state index contributed by atoms with van der Waals surface area (Å²) in [6.07, 6.45) is 0. The number of benzene rings is 3. The Kier molecular flexibility index (Phi) is 11.1. The fraction of sp³-hybridized carbons (Fsp3) is 0.389. The molecule has 4 atom stereocenters. The van der Waals surface area contributed by atoms with Gasteiger partial charge in [-0.15, -0.1) is 0 Å². The van der Waals surface area contributed by atoms with E-state index in [1.807, 2.05) is 6.07 Å². The Labute approximate surface area is 296 Å². The summed E-state index contributed by atoms with van der Waals surface area (Å²) < 4.78 is 63.3. The Morgan fingerprint density at radius 2 is 1.61 bits per heavy atom. The number of amides is 3. The smallest absolute Gasteiger partial charge is 0.338 e. The Morgan fingerprint density at radius 3 is 2.22 bits per heavy atom. The average molecular weight is 725 g/mol. The highest BCUT2D eigenvalue weighted by Gasteiger charge is 2.63. The number of primary amides is 1. The number of carbonyl (C=O) groups is 4. The summed E-state index contributed by atoms with van der Waals surface area (Å²) in [5.41, 5.74) is 5.35. The maximum atomic E-state index is 15.8. The van der Waals surface area contributed by atoms with Crippen LogP contribution in [-0.2, 0) is 40.4 Å². The van der Waals surface area contributed by atoms with Gasteiger partial charge in [-0.3, -0.25) is 9.69 Å². The van der Waals surface area contributed by atoms with Crippen molar-refractivity contribution in [2.24, 2.45) is 5.73 Å². The minimum atomic E-state index is -4.61. The van der Waals surface area contributed by atoms with E-state index in [0.29, 0.717) is 0 Å². The summed E-state index contributed by atoms with van der Waals surface area (Å²) in [5.74, 6) is -3.43. The number of hydrogen-bond acceptors (Lipinski definition) is 9. The van der Waals surface area contributed by atoms with Crippen molar-refractivity contribution in [3.05, 3.63) is 101 Å². The third-order valence-electron chi connectivity index (χ3n) is 8.59. The Bertz CT molecular complexity index is 1880. The van der Waals surface area contributed by atoms with E-state index < -0.39 is 68.7 Å². The van der Waals surface area contributed by atoms with Crippen LogP contribution in [-0.4, -0.2) is 90.7 Å². The molecular formula is C36H41FN4O9S. The number of rotatable bonds is 9. The molecule has 0 aliphatic carbocycles. The number of carbonyl (C=O) groups excluding carboxylic acids is 4. The van der Waals surface area contributed by atoms with Crippen molar-refractivity contribution >= 4 is 39.6 Å². The monoisotopic (exact) mass is 724 g/mol. The second kappa shape index (κ2) is 15.2. The highest BCUT2D eigenvalue weighted by Crippen LogP contribution is 2.46. The largest absolute Gasteiger partial charge is 0.458 e. The van der Waals surface area contributed by atoms with Gasteiger partial charge in [-0.1, -0.05) is 54.6 Å². The number of hydrogen-bond donors (Lipinski definition) is 1. The Morgan fingerprint density at radius 1 is 0.961 bits per heavy atom. The molecule has 2 saturated heterocycles. The molecular weight excluding hydrogens is 683 g/mol. The van der Waals surface area contributed by atoms with E-state index in [0.717, 1.165) is 32.7 Å². The first-order chi connectivity index (χ1) is 24.1. The molecule has 3 amide bonds. The zero-order valence-electron chi connectivity index (χ0n) is 28.7. The second-order valence-corrected chi connectivity index (χ2v) is 15.3. The summed E-state index contributed by atoms with van der Waals surface area (Å²) in [6, 6.07) is 13.4. The van der Waals surface area contributed by atoms with Crippen LogP contribution in [0.15, 0.2) is 78.9 Å². The molecule has 3 aromatic rings. The standard InChI is InChI=1S/C36H41FN4O9S/c1-23(42)40-29(27-15-8-9-16-28(27)37)32(51(46,47)39-17-19-48-20-18-39)30(31(40)34(44)50-36(2,3)4)41(35(38)45)26-14-10-13-25(21-26)33(43)49-22-24-11-6-5-7-12-24/h5-16,21,29-32H,17-20,22H2,1-4H3,(H2,38,45). The Hall–Kier alpha value is -4.86. The maximum absolute atomic E-state index is 15.8. The summed E-state index contributed by atoms with van der Waals surface area (Å²) in [5, 5.41) is -1.85. The van der Waals surface area contributed by atoms with Crippen molar-refractivity contribution in [1.82, 2.24) is 9.21 Å². The molecule has 0 bridgehead atoms. The highest BCUT2D eigenvalue weighted by molar-refractivity contribution is 7.89. The fourth-order valence-corrected chi connectivity index (χ4v) is 8.78. The number of nitrogens with two attached hydrogens (primary N) is 1. The molecule has 5 rings (SSSR count). The molecule has 2 heterocycles. The summed E-state index contributed by atoms with van der Waals surface area (Å²) in [7, 11) is -4.61. The van der Waals surface area contributed by atoms with E-state index in [1.54, 1.807) is 45.0 Å². The molecule has 272 valence electrons. The first-order valence-corrected chi connectivity index (χ1v) is 17.8. The molecule has 13 nitrogen and oxygen atoms in total. The van der Waals surface area contributed by atoms with E-state index in [1.165, 1.54) is 42.5 Å². The third-order valence-corrected chi connectivity index (χ3v) is 10.9. The van der Waals surface area contributed by atoms with Crippen LogP contribution in [0.5, 0.6) is 0 Å². The van der Waals surface area contributed by atoms with Crippen LogP contribution < -0.4 is 10.6 Å². The van der Waals surface area contributed by atoms with E-state index >= 15 is 4.39 Å². The van der Waals surface area contributed by atoms with Crippen LogP contribution in [0.3, 0.4) is 0 Å². The van der Waals surface area contributed by atoms with Gasteiger partial charge in [-0.05, 0) is 50.6 Å². The number of esters is 2. The third kappa shape index (κ3) is 8.05. The van der Waals surface area contributed by atoms with Gasteiger partial charge in [0.15, 0.2) is 6.04 Å². The first kappa shape index (κ1) is 37.4. The van der Waals surface area contributed by atoms with E-state index in [-0.39, 0.29) is 49.7 Å². The molecule has 2 aliphatic heterocycles. The molecule has 2 fully saturated rings. The molecule has 15 heteroatoms. The van der Waals surface area contributed by atoms with Gasteiger partial charge in [0.25, 0.3) is 0 Å². The number of nitrogens with zero attached hydrogens (tertiary/aromatic N) is 3. The van der Waals surface area contributed by atoms with Gasteiger partial charge in [0.1, 0.15) is 23.3 Å². The van der Waals surface area contributed by atoms with Gasteiger partial charge in [-0.2, -0.15) is 4.31 Å². The van der Waals surface area contributed by atoms with Gasteiger partial charge in [-0.25, -0.2) is 27.2 Å². The van der Waals surface area contributed by atoms with E-state index in [4.69, 9.17) is 19.9 Å². The molecule has 2 N–H and O–H groups in total. The van der Waals surface area contributed by atoms with Crippen molar-refractivity contribution in [3.8, 4) is 0 Å². The van der Waals surface area contributed by atoms with Gasteiger partial charge < -0.3 is 24.8 Å². The lowest BCUT2D eigenvalue weighted by Crippen LogP contribution is -2.60. The zero-order chi connectivity index (χ0) is 37.1. The van der Waals surface area contributed by atoms with Crippen LogP contribution in [0.2, 0.25) is 0 Å². The number of morpholine rings is 1. The molecule has 0 radical (unpaired) electrons. The summed E-state index contributed by atoms with van der Waals surface area (Å²) in [6.45, 7) is 5.77. The number of halogens is 1. The Balaban J connectivity index is 1.72. The van der Waals surface area contributed by atoms with Crippen molar-refractivity contribution in [2.45, 2.75) is 63.3 Å². The second-order valence-electron chi connectivity index (χ2n) is 13.2. The maximum Gasteiger partial charge on any atom is 0.338 e. The molecule has 0 aromatic heterocycles. The molecule has 0 saturated carbocycles. The summed E-state index contributed by atoms with van der Waals surface area (Å²) in [4.78, 5) is 56.6. The lowest BCUT2D eigenvalue weighted by Gasteiger charge is -2.37. The van der Waals surface area contributed by atoms with Gasteiger partial charge in [0, 0.05) is 31.3 Å². The number of sulfonamides is 1. The van der Waals surface area contributed by atoms with Crippen LogP contribution >= 0.6 is 0 Å². The predicted molar refractivity (Wildman–Crippen MR) is 184 cm³/mol. The molecule has 0 spiro atoms. The van der Waals surface area contributed by atoms with Gasteiger partial charge >= 0.3 is 18.0 Å². The van der Waals surface area contributed by atoms with Crippen molar-refractivity contribution < 1.29 is 46.2 Å². The van der Waals surface area contributed by atoms with Crippen LogP contribution in [0.25, 0.3) is 0 Å². The molecule has 4 unspecified atom stereocenters. The SMILES string of the molecule is CC(=O)N1C(C(=O)OC(C)(C)C)C(N(C(N)=O)c2cccc(C(=O)OCc3ccccc3)c2)C(S(=O)(=O)N2CCOCC2)C1c1ccccc1F. The van der Waals surface area contributed by atoms with Gasteiger partial charge in [0.2, 0.25) is 15.9 Å². The predicted octanol–water partition coefficient (Wildman–Crippen LogP) is 3.78. The van der Waals surface area contributed by atoms with Crippen LogP contribution in [0, 0.1) is 5.82 Å². The van der Waals surface area contributed by atoms with Crippen molar-refractivity contribution in [1.29, 1.82) is 0 Å². The van der Waals surface area contributed by atoms with Crippen LogP contribution in [0.1, 0.15) is 55.2 Å². The average Bonchev–Trinajstić information content (AvgIpc) is 3.44. The molecule has 3 aromatic carbocycles. The van der Waals surface area contributed by atoms with Crippen LogP contribution in [0.4, 0.5) is 14.9 Å². The molecule has 51 heavy (non-hydrogen) atoms. The number of ether oxygens (including phenoxy) is 3. The molecule has 2 aliphatic rings. The van der Waals surface area contributed by atoms with E-state index in [9.17, 15) is 27.6 Å². The summed E-state index contributed by atoms with van der Waals surface area (Å²) >= 11 is 0. The lowest BCUT2D eigenvalue weighted by molar-refractivity contribution is -0.164. The van der Waals surface area contributed by atoms with Gasteiger partial charge in [0.05, 0.1) is 30.9 Å². The number of urea groups is 1. The first-order valence-electron chi connectivity index (χ1n) is 16.3. The normalized spacial score (nSPS) is 21.2. The fourth-order valence-electron chi connectivity index (χ4n) is 6.55. The highest BCUT2D eigenvalue weighted by atomic mass is 32.2. The number of likely N-dealkylation sites (tertiary alicyclic amines) is 1. The topological polar surface area (TPSA) is 166 Å². The lowest BCUT2D eigenvalue weighted by atomic mass is 9.99. The minimum Gasteiger partial charge on any atom is -0.458 e. The number of anilines is 1.